The second-order valence-electron chi connectivity index (χ2n) is 7.13. The minimum absolute atomic E-state index is 0.0676. The van der Waals surface area contributed by atoms with Crippen LogP contribution in [0.2, 0.25) is 0 Å². The molecule has 2 amide bonds. The highest BCUT2D eigenvalue weighted by Gasteiger charge is 2.29. The van der Waals surface area contributed by atoms with E-state index in [-0.39, 0.29) is 18.2 Å². The van der Waals surface area contributed by atoms with Crippen molar-refractivity contribution in [2.45, 2.75) is 32.9 Å². The molecule has 1 aliphatic heterocycles. The number of carbonyl (C=O) groups excluding carboxylic acids is 2. The number of benzene rings is 2. The first kappa shape index (κ1) is 18.7. The number of fused-ring (bicyclic) bond motifs is 1. The molecular formula is C22H22N4O3. The monoisotopic (exact) mass is 390 g/mol. The van der Waals surface area contributed by atoms with Gasteiger partial charge in [0.25, 0.3) is 5.91 Å². The third-order valence-electron chi connectivity index (χ3n) is 4.72. The molecular weight excluding hydrogens is 368 g/mol. The molecule has 0 fully saturated rings. The number of anilines is 2. The predicted molar refractivity (Wildman–Crippen MR) is 110 cm³/mol. The second-order valence-corrected chi connectivity index (χ2v) is 7.13. The lowest BCUT2D eigenvalue weighted by Crippen LogP contribution is -2.39. The number of rotatable bonds is 5. The van der Waals surface area contributed by atoms with Gasteiger partial charge in [0.15, 0.2) is 6.10 Å². The summed E-state index contributed by atoms with van der Waals surface area (Å²) in [7, 11) is 0. The molecule has 7 nitrogen and oxygen atoms in total. The topological polar surface area (TPSA) is 85.3 Å². The molecule has 3 aromatic rings. The van der Waals surface area contributed by atoms with Crippen LogP contribution in [0.1, 0.15) is 23.4 Å². The molecule has 0 bridgehead atoms. The molecule has 0 saturated heterocycles. The van der Waals surface area contributed by atoms with Gasteiger partial charge < -0.3 is 15.4 Å². The zero-order valence-electron chi connectivity index (χ0n) is 16.3. The zero-order valence-corrected chi connectivity index (χ0v) is 16.3. The van der Waals surface area contributed by atoms with Gasteiger partial charge in [-0.2, -0.15) is 5.10 Å². The Morgan fingerprint density at radius 3 is 2.79 bits per heavy atom. The van der Waals surface area contributed by atoms with Gasteiger partial charge in [-0.1, -0.05) is 24.3 Å². The normalized spacial score (nSPS) is 15.2. The lowest BCUT2D eigenvalue weighted by Gasteiger charge is -2.25. The summed E-state index contributed by atoms with van der Waals surface area (Å²) in [5, 5.41) is 10.1. The molecule has 2 heterocycles. The van der Waals surface area contributed by atoms with Crippen LogP contribution in [0.25, 0.3) is 0 Å². The van der Waals surface area contributed by atoms with Crippen molar-refractivity contribution in [3.8, 4) is 5.75 Å². The van der Waals surface area contributed by atoms with Gasteiger partial charge in [0.1, 0.15) is 5.75 Å². The fourth-order valence-electron chi connectivity index (χ4n) is 3.36. The van der Waals surface area contributed by atoms with E-state index in [9.17, 15) is 9.59 Å². The highest BCUT2D eigenvalue weighted by molar-refractivity contribution is 6.01. The number of hydrogen-bond donors (Lipinski definition) is 2. The Hall–Kier alpha value is -3.61. The van der Waals surface area contributed by atoms with E-state index < -0.39 is 6.10 Å². The molecule has 0 aliphatic carbocycles. The molecule has 0 radical (unpaired) electrons. The van der Waals surface area contributed by atoms with Crippen molar-refractivity contribution in [1.82, 2.24) is 9.78 Å². The van der Waals surface area contributed by atoms with E-state index >= 15 is 0 Å². The average molecular weight is 390 g/mol. The van der Waals surface area contributed by atoms with Crippen molar-refractivity contribution in [2.24, 2.45) is 0 Å². The maximum Gasteiger partial charge on any atom is 0.266 e. The van der Waals surface area contributed by atoms with Crippen LogP contribution in [0.15, 0.2) is 54.6 Å². The first-order valence-electron chi connectivity index (χ1n) is 9.44. The number of aromatic nitrogens is 2. The van der Waals surface area contributed by atoms with Crippen molar-refractivity contribution in [1.29, 1.82) is 0 Å². The molecule has 29 heavy (non-hydrogen) atoms. The number of nitrogens with one attached hydrogen (secondary N) is 2. The molecule has 2 N–H and O–H groups in total. The van der Waals surface area contributed by atoms with Gasteiger partial charge in [0.2, 0.25) is 5.91 Å². The van der Waals surface area contributed by atoms with Gasteiger partial charge in [-0.05, 0) is 49.7 Å². The van der Waals surface area contributed by atoms with Gasteiger partial charge >= 0.3 is 0 Å². The van der Waals surface area contributed by atoms with Crippen LogP contribution in [0.3, 0.4) is 0 Å². The SMILES string of the molecule is Cc1cc(C)n(Cc2cccc(NC(=O)CC3Oc4ccccc4NC3=O)c2)n1. The first-order valence-corrected chi connectivity index (χ1v) is 9.44. The minimum Gasteiger partial charge on any atom is -0.478 e. The molecule has 1 atom stereocenters. The quantitative estimate of drug-likeness (QED) is 0.700. The summed E-state index contributed by atoms with van der Waals surface area (Å²) in [6.45, 7) is 4.59. The van der Waals surface area contributed by atoms with Crippen LogP contribution < -0.4 is 15.4 Å². The first-order chi connectivity index (χ1) is 14.0. The van der Waals surface area contributed by atoms with E-state index in [4.69, 9.17) is 4.74 Å². The summed E-state index contributed by atoms with van der Waals surface area (Å²) in [6.07, 6.45) is -0.926. The molecule has 0 spiro atoms. The molecule has 0 saturated carbocycles. The van der Waals surface area contributed by atoms with Crippen LogP contribution in [-0.2, 0) is 16.1 Å². The van der Waals surface area contributed by atoms with Crippen LogP contribution in [0.5, 0.6) is 5.75 Å². The maximum absolute atomic E-state index is 12.5. The smallest absolute Gasteiger partial charge is 0.266 e. The standard InChI is InChI=1S/C22H22N4O3/c1-14-10-15(2)26(25-14)13-16-6-5-7-17(11-16)23-21(27)12-20-22(28)24-18-8-3-4-9-19(18)29-20/h3-11,20H,12-13H2,1-2H3,(H,23,27)(H,24,28). The predicted octanol–water partition coefficient (Wildman–Crippen LogP) is 3.28. The van der Waals surface area contributed by atoms with Crippen LogP contribution in [0, 0.1) is 13.8 Å². The number of hydrogen-bond acceptors (Lipinski definition) is 4. The summed E-state index contributed by atoms with van der Waals surface area (Å²) < 4.78 is 7.61. The zero-order chi connectivity index (χ0) is 20.4. The molecule has 1 unspecified atom stereocenters. The second kappa shape index (κ2) is 7.79. The van der Waals surface area contributed by atoms with E-state index in [0.717, 1.165) is 17.0 Å². The van der Waals surface area contributed by atoms with Gasteiger partial charge in [0, 0.05) is 11.4 Å². The Labute approximate surface area is 168 Å². The van der Waals surface area contributed by atoms with Gasteiger partial charge in [-0.3, -0.25) is 14.3 Å². The van der Waals surface area contributed by atoms with Crippen molar-refractivity contribution in [3.05, 3.63) is 71.5 Å². The number of carbonyl (C=O) groups is 2. The van der Waals surface area contributed by atoms with E-state index in [1.165, 1.54) is 0 Å². The third kappa shape index (κ3) is 4.29. The average Bonchev–Trinajstić information content (AvgIpc) is 2.99. The molecule has 1 aromatic heterocycles. The van der Waals surface area contributed by atoms with Gasteiger partial charge in [-0.25, -0.2) is 0 Å². The number of aryl methyl sites for hydroxylation is 2. The summed E-state index contributed by atoms with van der Waals surface area (Å²) in [4.78, 5) is 24.7. The Morgan fingerprint density at radius 2 is 2.00 bits per heavy atom. The van der Waals surface area contributed by atoms with Gasteiger partial charge in [0.05, 0.1) is 24.3 Å². The molecule has 2 aromatic carbocycles. The highest BCUT2D eigenvalue weighted by Crippen LogP contribution is 2.29. The third-order valence-corrected chi connectivity index (χ3v) is 4.72. The Kier molecular flexibility index (Phi) is 5.03. The van der Waals surface area contributed by atoms with Crippen molar-refractivity contribution < 1.29 is 14.3 Å². The van der Waals surface area contributed by atoms with E-state index in [2.05, 4.69) is 15.7 Å². The van der Waals surface area contributed by atoms with Crippen molar-refractivity contribution >= 4 is 23.2 Å². The lowest BCUT2D eigenvalue weighted by atomic mass is 10.1. The van der Waals surface area contributed by atoms with Crippen LogP contribution in [0.4, 0.5) is 11.4 Å². The highest BCUT2D eigenvalue weighted by atomic mass is 16.5. The fraction of sp³-hybridized carbons (Fsp3) is 0.227. The Balaban J connectivity index is 1.40. The largest absolute Gasteiger partial charge is 0.478 e. The summed E-state index contributed by atoms with van der Waals surface area (Å²) in [6, 6.07) is 16.8. The summed E-state index contributed by atoms with van der Waals surface area (Å²) >= 11 is 0. The molecule has 1 aliphatic rings. The number of para-hydroxylation sites is 2. The van der Waals surface area contributed by atoms with Crippen LogP contribution >= 0.6 is 0 Å². The van der Waals surface area contributed by atoms with Crippen molar-refractivity contribution in [2.75, 3.05) is 10.6 Å². The maximum atomic E-state index is 12.5. The van der Waals surface area contributed by atoms with Crippen molar-refractivity contribution in [3.63, 3.8) is 0 Å². The number of amides is 2. The van der Waals surface area contributed by atoms with E-state index in [0.29, 0.717) is 23.7 Å². The van der Waals surface area contributed by atoms with E-state index in [1.807, 2.05) is 61.0 Å². The van der Waals surface area contributed by atoms with Gasteiger partial charge in [-0.15, -0.1) is 0 Å². The number of ether oxygens (including phenoxy) is 1. The number of nitrogens with zero attached hydrogens (tertiary/aromatic N) is 2. The minimum atomic E-state index is -0.859. The fourth-order valence-corrected chi connectivity index (χ4v) is 3.36. The van der Waals surface area contributed by atoms with Crippen LogP contribution in [-0.4, -0.2) is 27.7 Å². The molecule has 7 heteroatoms. The Morgan fingerprint density at radius 1 is 1.17 bits per heavy atom. The Bertz CT molecular complexity index is 1070. The molecule has 4 rings (SSSR count). The van der Waals surface area contributed by atoms with E-state index in [1.54, 1.807) is 12.1 Å². The lowest BCUT2D eigenvalue weighted by molar-refractivity contribution is -0.128. The summed E-state index contributed by atoms with van der Waals surface area (Å²) in [5.41, 5.74) is 4.36. The summed E-state index contributed by atoms with van der Waals surface area (Å²) in [5.74, 6) is -0.0401. The molecule has 148 valence electrons.